The summed E-state index contributed by atoms with van der Waals surface area (Å²) >= 11 is 0. The number of hydrogen-bond donors (Lipinski definition) is 3. The lowest BCUT2D eigenvalue weighted by Gasteiger charge is -2.35. The maximum atomic E-state index is 13.9. The second kappa shape index (κ2) is 11.8. The molecule has 2 aliphatic heterocycles. The van der Waals surface area contributed by atoms with Crippen LogP contribution in [-0.2, 0) is 24.0 Å². The van der Waals surface area contributed by atoms with Gasteiger partial charge in [0.2, 0.25) is 23.6 Å². The number of likely N-dealkylation sites (tertiary alicyclic amines) is 1. The van der Waals surface area contributed by atoms with E-state index < -0.39 is 23.5 Å². The van der Waals surface area contributed by atoms with E-state index in [-0.39, 0.29) is 58.5 Å². The van der Waals surface area contributed by atoms with Crippen LogP contribution in [0.4, 0.5) is 0 Å². The zero-order valence-corrected chi connectivity index (χ0v) is 24.8. The van der Waals surface area contributed by atoms with E-state index in [4.69, 9.17) is 0 Å². The molecule has 6 atom stereocenters. The third kappa shape index (κ3) is 6.90. The van der Waals surface area contributed by atoms with E-state index in [0.29, 0.717) is 32.4 Å². The summed E-state index contributed by atoms with van der Waals surface area (Å²) in [7, 11) is 0. The minimum atomic E-state index is -0.811. The molecule has 0 aromatic carbocycles. The first-order chi connectivity index (χ1) is 18.1. The normalized spacial score (nSPS) is 27.2. The van der Waals surface area contributed by atoms with Gasteiger partial charge in [0.15, 0.2) is 5.78 Å². The van der Waals surface area contributed by atoms with E-state index in [9.17, 15) is 24.0 Å². The monoisotopic (exact) mass is 544 g/mol. The number of hydrogen-bond acceptors (Lipinski definition) is 5. The summed E-state index contributed by atoms with van der Waals surface area (Å²) in [6.45, 7) is 18.3. The molecule has 1 aliphatic carbocycles. The Balaban J connectivity index is 1.79. The van der Waals surface area contributed by atoms with Crippen molar-refractivity contribution in [2.45, 2.75) is 98.7 Å². The molecule has 3 aliphatic rings. The number of fused-ring (bicyclic) bond motifs is 1. The Bertz CT molecular complexity index is 998. The average molecular weight is 545 g/mol. The molecule has 9 heteroatoms. The van der Waals surface area contributed by atoms with E-state index in [0.717, 1.165) is 12.8 Å². The number of nitrogens with zero attached hydrogens (tertiary/aromatic N) is 1. The van der Waals surface area contributed by atoms with Crippen molar-refractivity contribution >= 4 is 29.4 Å². The molecule has 9 nitrogen and oxygen atoms in total. The molecule has 4 amide bonds. The van der Waals surface area contributed by atoms with E-state index in [2.05, 4.69) is 36.4 Å². The van der Waals surface area contributed by atoms with Crippen LogP contribution in [0.5, 0.6) is 0 Å². The second-order valence-electron chi connectivity index (χ2n) is 13.7. The van der Waals surface area contributed by atoms with Crippen molar-refractivity contribution in [3.63, 3.8) is 0 Å². The van der Waals surface area contributed by atoms with Gasteiger partial charge in [-0.05, 0) is 61.3 Å². The molecule has 39 heavy (non-hydrogen) atoms. The molecule has 3 N–H and O–H groups in total. The molecule has 3 rings (SSSR count). The number of amides is 4. The lowest BCUT2D eigenvalue weighted by Crippen LogP contribution is -2.58. The van der Waals surface area contributed by atoms with Gasteiger partial charge in [0.05, 0.1) is 6.04 Å². The van der Waals surface area contributed by atoms with Gasteiger partial charge < -0.3 is 20.9 Å². The first-order valence-electron chi connectivity index (χ1n) is 14.4. The molecule has 3 fully saturated rings. The highest BCUT2D eigenvalue weighted by molar-refractivity contribution is 5.99. The fourth-order valence-electron chi connectivity index (χ4n) is 6.24. The quantitative estimate of drug-likeness (QED) is 0.345. The Kier molecular flexibility index (Phi) is 9.33. The summed E-state index contributed by atoms with van der Waals surface area (Å²) in [5.74, 6) is -1.02. The van der Waals surface area contributed by atoms with Gasteiger partial charge in [0, 0.05) is 24.4 Å². The predicted molar refractivity (Wildman–Crippen MR) is 149 cm³/mol. The molecule has 0 bridgehead atoms. The molecule has 0 spiro atoms. The summed E-state index contributed by atoms with van der Waals surface area (Å²) in [5, 5.41) is 8.72. The molecule has 0 unspecified atom stereocenters. The minimum Gasteiger partial charge on any atom is -0.356 e. The number of carbonyl (C=O) groups excluding carboxylic acids is 5. The highest BCUT2D eigenvalue weighted by Gasteiger charge is 2.69. The van der Waals surface area contributed by atoms with E-state index in [1.54, 1.807) is 25.7 Å². The SMILES string of the molecule is C=CC(=O)[C@H](CC[C@@H]1CCCNC1=O)NC(=O)[C@@H]1[C@@H]2[C@H](CN1C(=O)[C@H](CC(C)C)NC(=O)C(C)(C)C)C2(C)C. The molecular formula is C30H48N4O5. The molecule has 0 radical (unpaired) electrons. The number of ketones is 1. The van der Waals surface area contributed by atoms with Crippen LogP contribution in [-0.4, -0.2) is 65.5 Å². The van der Waals surface area contributed by atoms with Crippen molar-refractivity contribution in [2.75, 3.05) is 13.1 Å². The maximum Gasteiger partial charge on any atom is 0.245 e. The van der Waals surface area contributed by atoms with E-state index in [1.807, 2.05) is 13.8 Å². The highest BCUT2D eigenvalue weighted by Crippen LogP contribution is 2.65. The first-order valence-corrected chi connectivity index (χ1v) is 14.4. The molecule has 0 aromatic rings. The minimum absolute atomic E-state index is 0.0130. The molecule has 218 valence electrons. The molecule has 1 saturated carbocycles. The number of piperidine rings is 2. The van der Waals surface area contributed by atoms with Gasteiger partial charge in [-0.2, -0.15) is 0 Å². The zero-order valence-electron chi connectivity index (χ0n) is 24.8. The largest absolute Gasteiger partial charge is 0.356 e. The number of carbonyl (C=O) groups is 5. The Morgan fingerprint density at radius 1 is 1.15 bits per heavy atom. The van der Waals surface area contributed by atoms with Gasteiger partial charge in [0.25, 0.3) is 0 Å². The number of rotatable bonds is 11. The fourth-order valence-corrected chi connectivity index (χ4v) is 6.24. The van der Waals surface area contributed by atoms with Crippen molar-refractivity contribution in [3.8, 4) is 0 Å². The van der Waals surface area contributed by atoms with Crippen molar-refractivity contribution in [1.82, 2.24) is 20.9 Å². The highest BCUT2D eigenvalue weighted by atomic mass is 16.2. The van der Waals surface area contributed by atoms with Crippen molar-refractivity contribution < 1.29 is 24.0 Å². The van der Waals surface area contributed by atoms with Crippen LogP contribution in [0.25, 0.3) is 0 Å². The Morgan fingerprint density at radius 3 is 2.38 bits per heavy atom. The van der Waals surface area contributed by atoms with Crippen LogP contribution in [0, 0.1) is 34.5 Å². The van der Waals surface area contributed by atoms with E-state index >= 15 is 0 Å². The van der Waals surface area contributed by atoms with Gasteiger partial charge in [-0.1, -0.05) is 55.0 Å². The predicted octanol–water partition coefficient (Wildman–Crippen LogP) is 2.59. The lowest BCUT2D eigenvalue weighted by atomic mass is 9.90. The van der Waals surface area contributed by atoms with Crippen LogP contribution in [0.2, 0.25) is 0 Å². The first kappa shape index (κ1) is 30.8. The van der Waals surface area contributed by atoms with Crippen LogP contribution in [0.1, 0.15) is 80.6 Å². The molecule has 0 aromatic heterocycles. The smallest absolute Gasteiger partial charge is 0.245 e. The Labute approximate surface area is 233 Å². The summed E-state index contributed by atoms with van der Waals surface area (Å²) in [5.41, 5.74) is -0.756. The van der Waals surface area contributed by atoms with Crippen LogP contribution in [0.3, 0.4) is 0 Å². The number of nitrogens with one attached hydrogen (secondary N) is 3. The Morgan fingerprint density at radius 2 is 1.82 bits per heavy atom. The van der Waals surface area contributed by atoms with Crippen LogP contribution in [0.15, 0.2) is 12.7 Å². The topological polar surface area (TPSA) is 125 Å². The third-order valence-corrected chi connectivity index (χ3v) is 8.82. The summed E-state index contributed by atoms with van der Waals surface area (Å²) in [6, 6.07) is -2.27. The molecular weight excluding hydrogens is 496 g/mol. The van der Waals surface area contributed by atoms with Gasteiger partial charge in [-0.25, -0.2) is 0 Å². The van der Waals surface area contributed by atoms with Crippen molar-refractivity contribution in [3.05, 3.63) is 12.7 Å². The third-order valence-electron chi connectivity index (χ3n) is 8.82. The van der Waals surface area contributed by atoms with Crippen molar-refractivity contribution in [2.24, 2.45) is 34.5 Å². The van der Waals surface area contributed by atoms with Crippen molar-refractivity contribution in [1.29, 1.82) is 0 Å². The van der Waals surface area contributed by atoms with Gasteiger partial charge >= 0.3 is 0 Å². The maximum absolute atomic E-state index is 13.9. The molecule has 2 saturated heterocycles. The molecule has 2 heterocycles. The van der Waals surface area contributed by atoms with Gasteiger partial charge in [0.1, 0.15) is 12.1 Å². The summed E-state index contributed by atoms with van der Waals surface area (Å²) < 4.78 is 0. The average Bonchev–Trinajstić information content (AvgIpc) is 3.17. The van der Waals surface area contributed by atoms with Gasteiger partial charge in [-0.15, -0.1) is 0 Å². The van der Waals surface area contributed by atoms with Crippen LogP contribution >= 0.6 is 0 Å². The fraction of sp³-hybridized carbons (Fsp3) is 0.767. The lowest BCUT2D eigenvalue weighted by molar-refractivity contribution is -0.145. The van der Waals surface area contributed by atoms with Crippen LogP contribution < -0.4 is 16.0 Å². The second-order valence-corrected chi connectivity index (χ2v) is 13.7. The summed E-state index contributed by atoms with van der Waals surface area (Å²) in [6.07, 6.45) is 4.12. The Hall–Kier alpha value is -2.71. The van der Waals surface area contributed by atoms with Gasteiger partial charge in [-0.3, -0.25) is 24.0 Å². The zero-order chi connectivity index (χ0) is 29.3. The van der Waals surface area contributed by atoms with E-state index in [1.165, 1.54) is 6.08 Å². The standard InChI is InChI=1S/C30H48N4O5/c1-9-22(35)20(13-12-18-11-10-14-31-25(18)36)32-26(37)24-23-19(30(23,7)8)16-34(24)27(38)21(15-17(2)3)33-28(39)29(4,5)6/h9,17-21,23-24H,1,10-16H2,2-8H3,(H,31,36)(H,32,37)(H,33,39)/t18-,19-,20-,21-,23-,24-/m0/s1. The summed E-state index contributed by atoms with van der Waals surface area (Å²) in [4.78, 5) is 67.1.